The second kappa shape index (κ2) is 9.26. The predicted octanol–water partition coefficient (Wildman–Crippen LogP) is 4.24. The van der Waals surface area contributed by atoms with Gasteiger partial charge in [0, 0.05) is 18.4 Å². The summed E-state index contributed by atoms with van der Waals surface area (Å²) in [5, 5.41) is 2.86. The number of benzene rings is 2. The van der Waals surface area contributed by atoms with Gasteiger partial charge in [-0.05, 0) is 50.6 Å². The van der Waals surface area contributed by atoms with E-state index in [0.717, 1.165) is 0 Å². The maximum absolute atomic E-state index is 12.4. The Morgan fingerprint density at radius 1 is 1.04 bits per heavy atom. The highest BCUT2D eigenvalue weighted by Crippen LogP contribution is 2.31. The normalized spacial score (nSPS) is 12.5. The predicted molar refractivity (Wildman–Crippen MR) is 106 cm³/mol. The summed E-state index contributed by atoms with van der Waals surface area (Å²) in [5.41, 5.74) is 1.21. The van der Waals surface area contributed by atoms with E-state index in [9.17, 15) is 9.59 Å². The molecular weight excluding hydrogens is 358 g/mol. The minimum absolute atomic E-state index is 0.0154. The second-order valence-electron chi connectivity index (χ2n) is 6.85. The summed E-state index contributed by atoms with van der Waals surface area (Å²) < 4.78 is 16.7. The largest absolute Gasteiger partial charge is 0.489 e. The summed E-state index contributed by atoms with van der Waals surface area (Å²) in [6.07, 6.45) is 1.03. The maximum Gasteiger partial charge on any atom is 0.224 e. The monoisotopic (exact) mass is 383 g/mol. The molecule has 0 aliphatic carbocycles. The molecule has 0 saturated carbocycles. The van der Waals surface area contributed by atoms with Gasteiger partial charge in [0.15, 0.2) is 17.3 Å². The molecule has 0 spiro atoms. The molecule has 1 aliphatic heterocycles. The fourth-order valence-corrected chi connectivity index (χ4v) is 2.91. The average Bonchev–Trinajstić information content (AvgIpc) is 2.68. The molecular formula is C22H25NO5. The second-order valence-corrected chi connectivity index (χ2v) is 6.85. The molecule has 1 aliphatic rings. The first kappa shape index (κ1) is 19.7. The van der Waals surface area contributed by atoms with Gasteiger partial charge in [0.2, 0.25) is 5.91 Å². The lowest BCUT2D eigenvalue weighted by atomic mass is 10.0. The molecule has 0 radical (unpaired) electrons. The lowest BCUT2D eigenvalue weighted by Gasteiger charge is -2.18. The molecule has 6 nitrogen and oxygen atoms in total. The van der Waals surface area contributed by atoms with E-state index in [1.807, 2.05) is 32.0 Å². The molecule has 1 N–H and O–H groups in total. The van der Waals surface area contributed by atoms with Crippen LogP contribution in [0.4, 0.5) is 5.69 Å². The molecule has 0 aromatic heterocycles. The topological polar surface area (TPSA) is 73.9 Å². The third-order valence-corrected chi connectivity index (χ3v) is 4.20. The van der Waals surface area contributed by atoms with Crippen LogP contribution in [0.3, 0.4) is 0 Å². The summed E-state index contributed by atoms with van der Waals surface area (Å²) in [4.78, 5) is 24.6. The van der Waals surface area contributed by atoms with E-state index in [-0.39, 0.29) is 30.6 Å². The van der Waals surface area contributed by atoms with Gasteiger partial charge in [0.1, 0.15) is 19.0 Å². The Morgan fingerprint density at radius 3 is 2.57 bits per heavy atom. The summed E-state index contributed by atoms with van der Waals surface area (Å²) in [6.45, 7) is 4.86. The Kier molecular flexibility index (Phi) is 6.53. The van der Waals surface area contributed by atoms with Gasteiger partial charge in [0.05, 0.1) is 11.8 Å². The number of ketones is 1. The van der Waals surface area contributed by atoms with Crippen molar-refractivity contribution in [1.29, 1.82) is 0 Å². The number of hydrogen-bond acceptors (Lipinski definition) is 5. The van der Waals surface area contributed by atoms with Gasteiger partial charge in [-0.25, -0.2) is 0 Å². The lowest BCUT2D eigenvalue weighted by Crippen LogP contribution is -2.16. The van der Waals surface area contributed by atoms with Crippen LogP contribution < -0.4 is 19.5 Å². The fourth-order valence-electron chi connectivity index (χ4n) is 2.91. The van der Waals surface area contributed by atoms with Crippen LogP contribution >= 0.6 is 0 Å². The zero-order valence-electron chi connectivity index (χ0n) is 16.2. The van der Waals surface area contributed by atoms with Crippen LogP contribution in [0.1, 0.15) is 43.5 Å². The first-order valence-corrected chi connectivity index (χ1v) is 9.51. The third kappa shape index (κ3) is 5.25. The molecule has 2 aromatic carbocycles. The number of para-hydroxylation sites is 2. The molecule has 148 valence electrons. The molecule has 3 rings (SSSR count). The zero-order valence-corrected chi connectivity index (χ0v) is 16.2. The van der Waals surface area contributed by atoms with Crippen LogP contribution in [-0.2, 0) is 4.79 Å². The van der Waals surface area contributed by atoms with Crippen LogP contribution in [-0.4, -0.2) is 31.0 Å². The van der Waals surface area contributed by atoms with Gasteiger partial charge in [-0.3, -0.25) is 9.59 Å². The first-order chi connectivity index (χ1) is 13.5. The molecule has 1 amide bonds. The number of nitrogens with one attached hydrogen (secondary N) is 1. The smallest absolute Gasteiger partial charge is 0.224 e. The number of carbonyl (C=O) groups excluding carboxylic acids is 2. The van der Waals surface area contributed by atoms with Gasteiger partial charge in [-0.2, -0.15) is 0 Å². The molecule has 0 unspecified atom stereocenters. The fraction of sp³-hybridized carbons (Fsp3) is 0.364. The van der Waals surface area contributed by atoms with Crippen molar-refractivity contribution in [2.45, 2.75) is 39.2 Å². The van der Waals surface area contributed by atoms with Gasteiger partial charge >= 0.3 is 0 Å². The number of ether oxygens (including phenoxy) is 3. The summed E-state index contributed by atoms with van der Waals surface area (Å²) in [7, 11) is 0. The van der Waals surface area contributed by atoms with Crippen molar-refractivity contribution < 1.29 is 23.8 Å². The average molecular weight is 383 g/mol. The number of rotatable bonds is 8. The van der Waals surface area contributed by atoms with Gasteiger partial charge < -0.3 is 19.5 Å². The number of carbonyl (C=O) groups is 2. The van der Waals surface area contributed by atoms with Crippen molar-refractivity contribution in [1.82, 2.24) is 0 Å². The van der Waals surface area contributed by atoms with Crippen LogP contribution in [0.2, 0.25) is 0 Å². The number of Topliss-reactive ketones (excluding diaryl/α,β-unsaturated/α-hetero) is 1. The number of anilines is 1. The van der Waals surface area contributed by atoms with Gasteiger partial charge in [-0.15, -0.1) is 0 Å². The molecule has 28 heavy (non-hydrogen) atoms. The highest BCUT2D eigenvalue weighted by Gasteiger charge is 2.15. The maximum atomic E-state index is 12.4. The number of amides is 1. The van der Waals surface area contributed by atoms with Crippen LogP contribution in [0, 0.1) is 0 Å². The molecule has 1 heterocycles. The van der Waals surface area contributed by atoms with Gasteiger partial charge in [0.25, 0.3) is 0 Å². The number of fused-ring (bicyclic) bond motifs is 1. The number of hydrogen-bond donors (Lipinski definition) is 1. The Hall–Kier alpha value is -3.02. The van der Waals surface area contributed by atoms with E-state index < -0.39 is 0 Å². The van der Waals surface area contributed by atoms with E-state index >= 15 is 0 Å². The van der Waals surface area contributed by atoms with Gasteiger partial charge in [-0.1, -0.05) is 12.1 Å². The minimum Gasteiger partial charge on any atom is -0.489 e. The summed E-state index contributed by atoms with van der Waals surface area (Å²) in [6, 6.07) is 12.5. The Morgan fingerprint density at radius 2 is 1.79 bits per heavy atom. The lowest BCUT2D eigenvalue weighted by molar-refractivity contribution is -0.116. The Labute approximate surface area is 164 Å². The first-order valence-electron chi connectivity index (χ1n) is 9.51. The summed E-state index contributed by atoms with van der Waals surface area (Å²) in [5.74, 6) is 1.72. The zero-order chi connectivity index (χ0) is 19.9. The van der Waals surface area contributed by atoms with Crippen LogP contribution in [0.5, 0.6) is 17.2 Å². The van der Waals surface area contributed by atoms with E-state index in [1.165, 1.54) is 0 Å². The third-order valence-electron chi connectivity index (χ3n) is 4.20. The van der Waals surface area contributed by atoms with Crippen molar-refractivity contribution in [3.05, 3.63) is 48.0 Å². The van der Waals surface area contributed by atoms with E-state index in [2.05, 4.69) is 5.32 Å². The SMILES string of the molecule is CC(C)Oc1ccccc1NC(=O)CCCC(=O)c1ccc2c(c1)OCCO2. The van der Waals surface area contributed by atoms with Crippen LogP contribution in [0.25, 0.3) is 0 Å². The molecule has 0 fully saturated rings. The standard InChI is InChI=1S/C22H25NO5/c1-15(2)28-19-8-4-3-6-17(19)23-22(25)9-5-7-18(24)16-10-11-20-21(14-16)27-13-12-26-20/h3-4,6,8,10-11,14-15H,5,7,9,12-13H2,1-2H3,(H,23,25). The highest BCUT2D eigenvalue weighted by atomic mass is 16.6. The van der Waals surface area contributed by atoms with E-state index in [1.54, 1.807) is 24.3 Å². The molecule has 2 aromatic rings. The highest BCUT2D eigenvalue weighted by molar-refractivity contribution is 5.97. The van der Waals surface area contributed by atoms with E-state index in [0.29, 0.717) is 48.1 Å². The molecule has 0 bridgehead atoms. The molecule has 6 heteroatoms. The Bertz CT molecular complexity index is 847. The quantitative estimate of drug-likeness (QED) is 0.690. The van der Waals surface area contributed by atoms with Crippen molar-refractivity contribution in [2.24, 2.45) is 0 Å². The Balaban J connectivity index is 1.50. The van der Waals surface area contributed by atoms with Crippen molar-refractivity contribution in [3.63, 3.8) is 0 Å². The van der Waals surface area contributed by atoms with E-state index in [4.69, 9.17) is 14.2 Å². The van der Waals surface area contributed by atoms with Crippen molar-refractivity contribution in [2.75, 3.05) is 18.5 Å². The minimum atomic E-state index is -0.144. The van der Waals surface area contributed by atoms with Crippen LogP contribution in [0.15, 0.2) is 42.5 Å². The summed E-state index contributed by atoms with van der Waals surface area (Å²) >= 11 is 0. The molecule has 0 atom stereocenters. The van der Waals surface area contributed by atoms with Crippen molar-refractivity contribution >= 4 is 17.4 Å². The van der Waals surface area contributed by atoms with Crippen molar-refractivity contribution in [3.8, 4) is 17.2 Å². The molecule has 0 saturated heterocycles.